The molecule has 0 unspecified atom stereocenters. The van der Waals surface area contributed by atoms with Gasteiger partial charge in [0, 0.05) is 10.6 Å². The minimum atomic E-state index is -0.0811. The van der Waals surface area contributed by atoms with Crippen LogP contribution in [0.2, 0.25) is 5.02 Å². The Hall–Kier alpha value is -1.91. The first-order valence-corrected chi connectivity index (χ1v) is 8.70. The summed E-state index contributed by atoms with van der Waals surface area (Å²) in [6.07, 6.45) is 2.12. The molecule has 0 saturated carbocycles. The summed E-state index contributed by atoms with van der Waals surface area (Å²) >= 11 is 7.34. The second kappa shape index (κ2) is 7.11. The van der Waals surface area contributed by atoms with Crippen LogP contribution < -0.4 is 4.74 Å². The van der Waals surface area contributed by atoms with E-state index in [0.717, 1.165) is 28.8 Å². The van der Waals surface area contributed by atoms with Crippen LogP contribution in [-0.4, -0.2) is 17.4 Å². The average molecular weight is 346 g/mol. The number of aromatic nitrogens is 1. The molecule has 0 aliphatic rings. The van der Waals surface area contributed by atoms with Gasteiger partial charge in [-0.3, -0.25) is 4.79 Å². The standard InChI is InChI=1S/C18H16ClNO2S/c1-2-3-10-22-14-7-4-12(5-8-14)17(21)18-20-15-11-13(19)6-9-16(15)23-18/h4-9,11H,2-3,10H2,1H3. The van der Waals surface area contributed by atoms with E-state index in [-0.39, 0.29) is 5.78 Å². The van der Waals surface area contributed by atoms with Crippen molar-refractivity contribution in [3.8, 4) is 5.75 Å². The van der Waals surface area contributed by atoms with Gasteiger partial charge in [0.1, 0.15) is 5.75 Å². The van der Waals surface area contributed by atoms with E-state index in [1.165, 1.54) is 11.3 Å². The smallest absolute Gasteiger partial charge is 0.221 e. The average Bonchev–Trinajstić information content (AvgIpc) is 2.98. The zero-order chi connectivity index (χ0) is 16.2. The van der Waals surface area contributed by atoms with Gasteiger partial charge in [-0.1, -0.05) is 24.9 Å². The molecule has 0 N–H and O–H groups in total. The third-order valence-corrected chi connectivity index (χ3v) is 4.70. The van der Waals surface area contributed by atoms with Gasteiger partial charge in [0.25, 0.3) is 0 Å². The van der Waals surface area contributed by atoms with Crippen LogP contribution in [0.4, 0.5) is 0 Å². The molecular formula is C18H16ClNO2S. The summed E-state index contributed by atoms with van der Waals surface area (Å²) in [6.45, 7) is 2.82. The second-order valence-electron chi connectivity index (χ2n) is 5.19. The van der Waals surface area contributed by atoms with E-state index >= 15 is 0 Å². The molecule has 118 valence electrons. The number of nitrogens with zero attached hydrogens (tertiary/aromatic N) is 1. The van der Waals surface area contributed by atoms with Crippen LogP contribution in [0.1, 0.15) is 35.1 Å². The number of fused-ring (bicyclic) bond motifs is 1. The number of hydrogen-bond acceptors (Lipinski definition) is 4. The highest BCUT2D eigenvalue weighted by Crippen LogP contribution is 2.26. The Bertz CT molecular complexity index is 827. The summed E-state index contributed by atoms with van der Waals surface area (Å²) in [7, 11) is 0. The molecule has 0 bridgehead atoms. The maximum absolute atomic E-state index is 12.5. The molecule has 0 amide bonds. The SMILES string of the molecule is CCCCOc1ccc(C(=O)c2nc3cc(Cl)ccc3s2)cc1. The van der Waals surface area contributed by atoms with Crippen molar-refractivity contribution in [3.05, 3.63) is 58.1 Å². The lowest BCUT2D eigenvalue weighted by molar-refractivity contribution is 0.103. The van der Waals surface area contributed by atoms with Gasteiger partial charge in [-0.05, 0) is 48.9 Å². The van der Waals surface area contributed by atoms with Crippen LogP contribution in [0, 0.1) is 0 Å². The summed E-state index contributed by atoms with van der Waals surface area (Å²) in [5.41, 5.74) is 1.36. The fourth-order valence-corrected chi connectivity index (χ4v) is 3.23. The highest BCUT2D eigenvalue weighted by molar-refractivity contribution is 7.20. The first-order chi connectivity index (χ1) is 11.2. The van der Waals surface area contributed by atoms with E-state index in [1.54, 1.807) is 24.3 Å². The number of halogens is 1. The van der Waals surface area contributed by atoms with Crippen LogP contribution in [0.25, 0.3) is 10.2 Å². The zero-order valence-electron chi connectivity index (χ0n) is 12.7. The van der Waals surface area contributed by atoms with Gasteiger partial charge in [-0.15, -0.1) is 11.3 Å². The molecule has 0 radical (unpaired) electrons. The van der Waals surface area contributed by atoms with Crippen LogP contribution in [0.15, 0.2) is 42.5 Å². The van der Waals surface area contributed by atoms with Crippen LogP contribution in [0.5, 0.6) is 5.75 Å². The van der Waals surface area contributed by atoms with E-state index in [2.05, 4.69) is 11.9 Å². The maximum Gasteiger partial charge on any atom is 0.221 e. The lowest BCUT2D eigenvalue weighted by atomic mass is 10.1. The topological polar surface area (TPSA) is 39.2 Å². The van der Waals surface area contributed by atoms with Crippen molar-refractivity contribution in [3.63, 3.8) is 0 Å². The summed E-state index contributed by atoms with van der Waals surface area (Å²) in [4.78, 5) is 16.9. The molecule has 23 heavy (non-hydrogen) atoms. The van der Waals surface area contributed by atoms with Crippen molar-refractivity contribution < 1.29 is 9.53 Å². The Labute approximate surface area is 143 Å². The van der Waals surface area contributed by atoms with Gasteiger partial charge < -0.3 is 4.74 Å². The van der Waals surface area contributed by atoms with E-state index < -0.39 is 0 Å². The third kappa shape index (κ3) is 3.71. The summed E-state index contributed by atoms with van der Waals surface area (Å²) < 4.78 is 6.56. The Balaban J connectivity index is 1.78. The number of ether oxygens (including phenoxy) is 1. The minimum absolute atomic E-state index is 0.0811. The predicted octanol–water partition coefficient (Wildman–Crippen LogP) is 5.36. The molecule has 0 saturated heterocycles. The minimum Gasteiger partial charge on any atom is -0.494 e. The van der Waals surface area contributed by atoms with E-state index in [4.69, 9.17) is 16.3 Å². The number of benzene rings is 2. The van der Waals surface area contributed by atoms with Gasteiger partial charge in [-0.2, -0.15) is 0 Å². The summed E-state index contributed by atoms with van der Waals surface area (Å²) in [5, 5.41) is 1.09. The zero-order valence-corrected chi connectivity index (χ0v) is 14.3. The molecule has 0 fully saturated rings. The Kier molecular flexibility index (Phi) is 4.94. The summed E-state index contributed by atoms with van der Waals surface area (Å²) in [5.74, 6) is 0.702. The number of hydrogen-bond donors (Lipinski definition) is 0. The van der Waals surface area contributed by atoms with E-state index in [0.29, 0.717) is 22.2 Å². The largest absolute Gasteiger partial charge is 0.494 e. The number of carbonyl (C=O) groups excluding carboxylic acids is 1. The van der Waals surface area contributed by atoms with Gasteiger partial charge in [0.05, 0.1) is 16.8 Å². The lowest BCUT2D eigenvalue weighted by Crippen LogP contribution is -2.01. The number of ketones is 1. The molecule has 3 aromatic rings. The van der Waals surface area contributed by atoms with Crippen molar-refractivity contribution in [1.29, 1.82) is 0 Å². The second-order valence-corrected chi connectivity index (χ2v) is 6.65. The first-order valence-electron chi connectivity index (χ1n) is 7.51. The van der Waals surface area contributed by atoms with Crippen LogP contribution in [0.3, 0.4) is 0 Å². The highest BCUT2D eigenvalue weighted by atomic mass is 35.5. The number of rotatable bonds is 6. The van der Waals surface area contributed by atoms with Crippen LogP contribution in [-0.2, 0) is 0 Å². The fourth-order valence-electron chi connectivity index (χ4n) is 2.16. The third-order valence-electron chi connectivity index (χ3n) is 3.43. The quantitative estimate of drug-likeness (QED) is 0.446. The summed E-state index contributed by atoms with van der Waals surface area (Å²) in [6, 6.07) is 12.7. The normalized spacial score (nSPS) is 10.9. The highest BCUT2D eigenvalue weighted by Gasteiger charge is 2.14. The van der Waals surface area contributed by atoms with E-state index in [9.17, 15) is 4.79 Å². The fraction of sp³-hybridized carbons (Fsp3) is 0.222. The van der Waals surface area contributed by atoms with Crippen molar-refractivity contribution in [2.24, 2.45) is 0 Å². The van der Waals surface area contributed by atoms with Gasteiger partial charge in [-0.25, -0.2) is 4.98 Å². The van der Waals surface area contributed by atoms with Crippen molar-refractivity contribution in [2.75, 3.05) is 6.61 Å². The molecule has 3 rings (SSSR count). The molecular weight excluding hydrogens is 330 g/mol. The molecule has 0 atom stereocenters. The van der Waals surface area contributed by atoms with Crippen molar-refractivity contribution in [2.45, 2.75) is 19.8 Å². The molecule has 1 aromatic heterocycles. The monoisotopic (exact) mass is 345 g/mol. The molecule has 2 aromatic carbocycles. The van der Waals surface area contributed by atoms with E-state index in [1.807, 2.05) is 18.2 Å². The van der Waals surface area contributed by atoms with Gasteiger partial charge in [0.15, 0.2) is 5.01 Å². The Morgan fingerprint density at radius 1 is 1.22 bits per heavy atom. The van der Waals surface area contributed by atoms with Gasteiger partial charge in [0.2, 0.25) is 5.78 Å². The first kappa shape index (κ1) is 16.0. The van der Waals surface area contributed by atoms with Gasteiger partial charge >= 0.3 is 0 Å². The predicted molar refractivity (Wildman–Crippen MR) is 94.9 cm³/mol. The number of carbonyl (C=O) groups is 1. The molecule has 0 aliphatic carbocycles. The number of thiazole rings is 1. The van der Waals surface area contributed by atoms with Crippen molar-refractivity contribution >= 4 is 38.9 Å². The number of unbranched alkanes of at least 4 members (excludes halogenated alkanes) is 1. The van der Waals surface area contributed by atoms with Crippen molar-refractivity contribution in [1.82, 2.24) is 4.98 Å². The molecule has 0 aliphatic heterocycles. The maximum atomic E-state index is 12.5. The molecule has 1 heterocycles. The molecule has 0 spiro atoms. The Morgan fingerprint density at radius 2 is 2.00 bits per heavy atom. The molecule has 3 nitrogen and oxygen atoms in total. The lowest BCUT2D eigenvalue weighted by Gasteiger charge is -2.05. The molecule has 5 heteroatoms. The Morgan fingerprint density at radius 3 is 2.74 bits per heavy atom. The van der Waals surface area contributed by atoms with Crippen LogP contribution >= 0.6 is 22.9 Å².